The van der Waals surface area contributed by atoms with Crippen LogP contribution >= 0.6 is 27.3 Å². The van der Waals surface area contributed by atoms with Gasteiger partial charge < -0.3 is 4.74 Å². The van der Waals surface area contributed by atoms with Crippen molar-refractivity contribution in [2.45, 2.75) is 6.42 Å². The summed E-state index contributed by atoms with van der Waals surface area (Å²) < 4.78 is 6.66. The zero-order valence-electron chi connectivity index (χ0n) is 14.6. The number of hydrogen-bond acceptors (Lipinski definition) is 4. The van der Waals surface area contributed by atoms with Crippen LogP contribution in [-0.2, 0) is 6.42 Å². The summed E-state index contributed by atoms with van der Waals surface area (Å²) in [6.45, 7) is 0. The van der Waals surface area contributed by atoms with E-state index in [-0.39, 0.29) is 0 Å². The van der Waals surface area contributed by atoms with E-state index in [0.717, 1.165) is 38.6 Å². The molecule has 27 heavy (non-hydrogen) atoms. The van der Waals surface area contributed by atoms with Crippen LogP contribution in [0.3, 0.4) is 0 Å². The Morgan fingerprint density at radius 1 is 1.11 bits per heavy atom. The summed E-state index contributed by atoms with van der Waals surface area (Å²) in [4.78, 5) is 10.7. The molecule has 0 unspecified atom stereocenters. The molecule has 5 rings (SSSR count). The predicted molar refractivity (Wildman–Crippen MR) is 116 cm³/mol. The molecule has 0 saturated heterocycles. The molecule has 132 valence electrons. The molecule has 0 amide bonds. The summed E-state index contributed by atoms with van der Waals surface area (Å²) in [5.41, 5.74) is 4.43. The third kappa shape index (κ3) is 2.78. The largest absolute Gasteiger partial charge is 0.496 e. The zero-order chi connectivity index (χ0) is 18.4. The number of aromatic nitrogens is 1. The SMILES string of the molecule is COc1ccc(Br)c2c1-c1nc(N=Cc3cccc4ccccc34)sc1C2. The predicted octanol–water partition coefficient (Wildman–Crippen LogP) is 6.39. The van der Waals surface area contributed by atoms with E-state index in [1.165, 1.54) is 21.2 Å². The van der Waals surface area contributed by atoms with Crippen molar-refractivity contribution in [2.24, 2.45) is 4.99 Å². The molecular formula is C22H15BrN2OS. The Kier molecular flexibility index (Phi) is 4.06. The molecule has 3 nitrogen and oxygen atoms in total. The van der Waals surface area contributed by atoms with Crippen LogP contribution in [0, 0.1) is 0 Å². The van der Waals surface area contributed by atoms with E-state index in [4.69, 9.17) is 9.72 Å². The average Bonchev–Trinajstić information content (AvgIpc) is 3.25. The van der Waals surface area contributed by atoms with Crippen molar-refractivity contribution >= 4 is 49.4 Å². The number of nitrogens with zero attached hydrogens (tertiary/aromatic N) is 2. The van der Waals surface area contributed by atoms with E-state index in [1.807, 2.05) is 18.3 Å². The number of hydrogen-bond donors (Lipinski definition) is 0. The van der Waals surface area contributed by atoms with Crippen molar-refractivity contribution in [2.75, 3.05) is 7.11 Å². The van der Waals surface area contributed by atoms with Crippen molar-refractivity contribution in [1.82, 2.24) is 4.98 Å². The fourth-order valence-corrected chi connectivity index (χ4v) is 4.96. The number of thiazole rings is 1. The third-order valence-electron chi connectivity index (χ3n) is 4.84. The number of halogens is 1. The number of fused-ring (bicyclic) bond motifs is 4. The van der Waals surface area contributed by atoms with E-state index in [9.17, 15) is 0 Å². The molecule has 1 aromatic heterocycles. The van der Waals surface area contributed by atoms with Gasteiger partial charge in [-0.15, -0.1) is 0 Å². The molecule has 5 heteroatoms. The topological polar surface area (TPSA) is 34.5 Å². The smallest absolute Gasteiger partial charge is 0.209 e. The highest BCUT2D eigenvalue weighted by molar-refractivity contribution is 9.10. The van der Waals surface area contributed by atoms with Gasteiger partial charge in [0.15, 0.2) is 0 Å². The lowest BCUT2D eigenvalue weighted by atomic mass is 10.1. The highest BCUT2D eigenvalue weighted by Crippen LogP contribution is 2.48. The number of benzene rings is 3. The van der Waals surface area contributed by atoms with Gasteiger partial charge in [0.2, 0.25) is 5.13 Å². The van der Waals surface area contributed by atoms with Crippen LogP contribution in [-0.4, -0.2) is 18.3 Å². The monoisotopic (exact) mass is 434 g/mol. The minimum atomic E-state index is 0.778. The summed E-state index contributed by atoms with van der Waals surface area (Å²) in [5.74, 6) is 0.863. The first-order chi connectivity index (χ1) is 13.2. The fraction of sp³-hybridized carbons (Fsp3) is 0.0909. The molecule has 1 heterocycles. The summed E-state index contributed by atoms with van der Waals surface area (Å²) >= 11 is 5.29. The quantitative estimate of drug-likeness (QED) is 0.308. The van der Waals surface area contributed by atoms with Crippen molar-refractivity contribution in [3.05, 3.63) is 75.1 Å². The van der Waals surface area contributed by atoms with E-state index < -0.39 is 0 Å². The standard InChI is InChI=1S/C22H15BrN2OS/c1-26-18-10-9-17(23)16-11-19-21(20(16)18)25-22(27-19)24-12-14-7-4-6-13-5-2-3-8-15(13)14/h2-10,12H,11H2,1H3. The molecule has 0 radical (unpaired) electrons. The highest BCUT2D eigenvalue weighted by atomic mass is 79.9. The van der Waals surface area contributed by atoms with Gasteiger partial charge in [-0.2, -0.15) is 0 Å². The normalized spacial score (nSPS) is 12.5. The minimum absolute atomic E-state index is 0.778. The second kappa shape index (κ2) is 6.59. The Morgan fingerprint density at radius 2 is 1.96 bits per heavy atom. The van der Waals surface area contributed by atoms with Gasteiger partial charge in [0.1, 0.15) is 5.75 Å². The van der Waals surface area contributed by atoms with Crippen LogP contribution in [0.25, 0.3) is 22.0 Å². The Labute approximate surface area is 169 Å². The summed E-state index contributed by atoms with van der Waals surface area (Å²) in [6.07, 6.45) is 2.78. The summed E-state index contributed by atoms with van der Waals surface area (Å²) in [5, 5.41) is 3.19. The lowest BCUT2D eigenvalue weighted by Gasteiger charge is -2.08. The van der Waals surface area contributed by atoms with Crippen molar-refractivity contribution < 1.29 is 4.74 Å². The van der Waals surface area contributed by atoms with Gasteiger partial charge >= 0.3 is 0 Å². The molecule has 0 N–H and O–H groups in total. The second-order valence-electron chi connectivity index (χ2n) is 6.37. The van der Waals surface area contributed by atoms with Crippen molar-refractivity contribution in [3.8, 4) is 17.0 Å². The lowest BCUT2D eigenvalue weighted by Crippen LogP contribution is -1.90. The molecule has 1 aliphatic rings. The van der Waals surface area contributed by atoms with Crippen LogP contribution in [0.2, 0.25) is 0 Å². The van der Waals surface area contributed by atoms with E-state index in [2.05, 4.69) is 63.4 Å². The Morgan fingerprint density at radius 3 is 2.85 bits per heavy atom. The molecule has 0 atom stereocenters. The van der Waals surface area contributed by atoms with E-state index in [1.54, 1.807) is 18.4 Å². The van der Waals surface area contributed by atoms with Crippen LogP contribution in [0.15, 0.2) is 64.1 Å². The van der Waals surface area contributed by atoms with Gasteiger partial charge in [-0.3, -0.25) is 0 Å². The molecule has 0 saturated carbocycles. The average molecular weight is 435 g/mol. The first-order valence-electron chi connectivity index (χ1n) is 8.62. The van der Waals surface area contributed by atoms with Crippen molar-refractivity contribution in [3.63, 3.8) is 0 Å². The van der Waals surface area contributed by atoms with Crippen LogP contribution in [0.4, 0.5) is 5.13 Å². The van der Waals surface area contributed by atoms with Gasteiger partial charge in [0.05, 0.1) is 12.8 Å². The summed E-state index contributed by atoms with van der Waals surface area (Å²) in [7, 11) is 1.70. The van der Waals surface area contributed by atoms with E-state index >= 15 is 0 Å². The maximum Gasteiger partial charge on any atom is 0.209 e. The van der Waals surface area contributed by atoms with Gasteiger partial charge in [-0.05, 0) is 28.5 Å². The molecule has 4 aromatic rings. The third-order valence-corrected chi connectivity index (χ3v) is 6.54. The molecule has 0 fully saturated rings. The summed E-state index contributed by atoms with van der Waals surface area (Å²) in [6, 6.07) is 18.6. The highest BCUT2D eigenvalue weighted by Gasteiger charge is 2.28. The van der Waals surface area contributed by atoms with Gasteiger partial charge in [-0.25, -0.2) is 9.98 Å². The molecular weight excluding hydrogens is 420 g/mol. The number of aliphatic imine (C=N–C) groups is 1. The minimum Gasteiger partial charge on any atom is -0.496 e. The zero-order valence-corrected chi connectivity index (χ0v) is 17.0. The Hall–Kier alpha value is -2.50. The van der Waals surface area contributed by atoms with Gasteiger partial charge in [-0.1, -0.05) is 69.7 Å². The van der Waals surface area contributed by atoms with Crippen LogP contribution in [0.5, 0.6) is 5.75 Å². The second-order valence-corrected chi connectivity index (χ2v) is 8.29. The van der Waals surface area contributed by atoms with Crippen LogP contribution < -0.4 is 4.74 Å². The number of ether oxygens (including phenoxy) is 1. The van der Waals surface area contributed by atoms with Gasteiger partial charge in [0.25, 0.3) is 0 Å². The maximum absolute atomic E-state index is 5.56. The van der Waals surface area contributed by atoms with Crippen LogP contribution in [0.1, 0.15) is 16.0 Å². The molecule has 0 spiro atoms. The fourth-order valence-electron chi connectivity index (χ4n) is 3.56. The Balaban J connectivity index is 1.54. The molecule has 0 bridgehead atoms. The van der Waals surface area contributed by atoms with Crippen molar-refractivity contribution in [1.29, 1.82) is 0 Å². The number of rotatable bonds is 3. The van der Waals surface area contributed by atoms with Gasteiger partial charge in [0, 0.05) is 33.1 Å². The first-order valence-corrected chi connectivity index (χ1v) is 10.2. The lowest BCUT2D eigenvalue weighted by molar-refractivity contribution is 0.416. The maximum atomic E-state index is 5.56. The Bertz CT molecular complexity index is 1210. The van der Waals surface area contributed by atoms with E-state index in [0.29, 0.717) is 0 Å². The molecule has 3 aromatic carbocycles. The molecule has 1 aliphatic carbocycles. The molecule has 0 aliphatic heterocycles. The first kappa shape index (κ1) is 16.7. The number of methoxy groups -OCH3 is 1.